The smallest absolute Gasteiger partial charge is 0.257 e. The van der Waals surface area contributed by atoms with Crippen molar-refractivity contribution in [2.45, 2.75) is 0 Å². The Morgan fingerprint density at radius 1 is 0.885 bits per heavy atom. The molecular weight excluding hydrogens is 338 g/mol. The van der Waals surface area contributed by atoms with E-state index in [1.54, 1.807) is 18.2 Å². The van der Waals surface area contributed by atoms with Crippen LogP contribution in [-0.2, 0) is 0 Å². The van der Waals surface area contributed by atoms with E-state index in [9.17, 15) is 18.4 Å². The Hall–Kier alpha value is -3.54. The average Bonchev–Trinajstić information content (AvgIpc) is 2.62. The fourth-order valence-electron chi connectivity index (χ4n) is 2.94. The molecule has 0 unspecified atom stereocenters. The minimum Gasteiger partial charge on any atom is -0.351 e. The molecule has 1 aromatic heterocycles. The standard InChI is InChI=1S/C20H12F2N2O2/c21-11-4-1-5-12(10-11)23-20(26)15-8-2-6-13-17(15)24-18-14(19(13)25)7-3-9-16(18)22/h1-10H,(H,23,26)(H,24,25). The fourth-order valence-corrected chi connectivity index (χ4v) is 2.94. The van der Waals surface area contributed by atoms with Gasteiger partial charge in [0.1, 0.15) is 11.6 Å². The van der Waals surface area contributed by atoms with E-state index in [1.807, 2.05) is 0 Å². The van der Waals surface area contributed by atoms with E-state index in [0.717, 1.165) is 0 Å². The SMILES string of the molecule is O=C(Nc1cccc(F)c1)c1cccc2c(=O)c3cccc(F)c3[nH]c12. The van der Waals surface area contributed by atoms with Gasteiger partial charge in [0, 0.05) is 16.5 Å². The summed E-state index contributed by atoms with van der Waals surface area (Å²) in [6.07, 6.45) is 0. The predicted octanol–water partition coefficient (Wildman–Crippen LogP) is 4.21. The summed E-state index contributed by atoms with van der Waals surface area (Å²) in [5, 5.41) is 3.06. The Bertz CT molecular complexity index is 1230. The topological polar surface area (TPSA) is 62.0 Å². The maximum Gasteiger partial charge on any atom is 0.257 e. The first-order valence-corrected chi connectivity index (χ1v) is 7.85. The van der Waals surface area contributed by atoms with Crippen LogP contribution in [0.5, 0.6) is 0 Å². The second kappa shape index (κ2) is 6.07. The number of hydrogen-bond donors (Lipinski definition) is 2. The number of nitrogens with one attached hydrogen (secondary N) is 2. The van der Waals surface area contributed by atoms with Gasteiger partial charge in [0.15, 0.2) is 5.43 Å². The summed E-state index contributed by atoms with van der Waals surface area (Å²) in [5.41, 5.74) is 0.337. The van der Waals surface area contributed by atoms with Crippen LogP contribution in [-0.4, -0.2) is 10.9 Å². The average molecular weight is 350 g/mol. The first-order chi connectivity index (χ1) is 12.5. The third-order valence-corrected chi connectivity index (χ3v) is 4.14. The number of hydrogen-bond acceptors (Lipinski definition) is 2. The summed E-state index contributed by atoms with van der Waals surface area (Å²) in [5.74, 6) is -1.60. The van der Waals surface area contributed by atoms with Gasteiger partial charge in [-0.25, -0.2) is 8.78 Å². The number of anilines is 1. The van der Waals surface area contributed by atoms with E-state index in [0.29, 0.717) is 0 Å². The molecule has 6 heteroatoms. The van der Waals surface area contributed by atoms with Crippen molar-refractivity contribution < 1.29 is 13.6 Å². The number of aromatic amines is 1. The Labute approximate surface area is 146 Å². The number of H-pyrrole nitrogens is 1. The monoisotopic (exact) mass is 350 g/mol. The van der Waals surface area contributed by atoms with Crippen molar-refractivity contribution in [1.29, 1.82) is 0 Å². The molecule has 4 rings (SSSR count). The van der Waals surface area contributed by atoms with Gasteiger partial charge in [-0.15, -0.1) is 0 Å². The molecule has 0 saturated heterocycles. The Balaban J connectivity index is 1.90. The molecule has 3 aromatic carbocycles. The molecule has 4 nitrogen and oxygen atoms in total. The second-order valence-electron chi connectivity index (χ2n) is 5.81. The summed E-state index contributed by atoms with van der Waals surface area (Å²) in [7, 11) is 0. The number of benzene rings is 3. The number of para-hydroxylation sites is 2. The lowest BCUT2D eigenvalue weighted by Gasteiger charge is -2.10. The summed E-state index contributed by atoms with van der Waals surface area (Å²) in [6.45, 7) is 0. The number of aromatic nitrogens is 1. The van der Waals surface area contributed by atoms with Crippen molar-refractivity contribution in [3.63, 3.8) is 0 Å². The minimum atomic E-state index is -0.582. The molecule has 128 valence electrons. The zero-order valence-electron chi connectivity index (χ0n) is 13.3. The lowest BCUT2D eigenvalue weighted by Crippen LogP contribution is -2.15. The highest BCUT2D eigenvalue weighted by Crippen LogP contribution is 2.21. The van der Waals surface area contributed by atoms with Gasteiger partial charge >= 0.3 is 0 Å². The number of carbonyl (C=O) groups is 1. The van der Waals surface area contributed by atoms with Crippen LogP contribution in [0.15, 0.2) is 65.5 Å². The van der Waals surface area contributed by atoms with Gasteiger partial charge in [-0.1, -0.05) is 18.2 Å². The van der Waals surface area contributed by atoms with Crippen molar-refractivity contribution >= 4 is 33.4 Å². The van der Waals surface area contributed by atoms with Crippen molar-refractivity contribution in [3.05, 3.63) is 88.1 Å². The van der Waals surface area contributed by atoms with Crippen molar-refractivity contribution in [1.82, 2.24) is 4.98 Å². The van der Waals surface area contributed by atoms with Crippen LogP contribution in [0.3, 0.4) is 0 Å². The Kier molecular flexibility index (Phi) is 3.73. The van der Waals surface area contributed by atoms with E-state index in [1.165, 1.54) is 42.5 Å². The number of halogens is 2. The van der Waals surface area contributed by atoms with Gasteiger partial charge in [-0.2, -0.15) is 0 Å². The van der Waals surface area contributed by atoms with Crippen molar-refractivity contribution in [2.75, 3.05) is 5.32 Å². The lowest BCUT2D eigenvalue weighted by molar-refractivity contribution is 0.102. The van der Waals surface area contributed by atoms with Gasteiger partial charge in [-0.05, 0) is 42.5 Å². The van der Waals surface area contributed by atoms with E-state index in [-0.39, 0.29) is 38.5 Å². The van der Waals surface area contributed by atoms with Gasteiger partial charge in [0.2, 0.25) is 0 Å². The molecule has 0 bridgehead atoms. The third kappa shape index (κ3) is 2.61. The minimum absolute atomic E-state index is 0.0380. The normalized spacial score (nSPS) is 11.0. The van der Waals surface area contributed by atoms with Crippen LogP contribution in [0.4, 0.5) is 14.5 Å². The maximum atomic E-state index is 14.1. The highest BCUT2D eigenvalue weighted by molar-refractivity contribution is 6.13. The molecule has 0 saturated carbocycles. The highest BCUT2D eigenvalue weighted by atomic mass is 19.1. The fraction of sp³-hybridized carbons (Fsp3) is 0. The predicted molar refractivity (Wildman–Crippen MR) is 96.4 cm³/mol. The number of pyridine rings is 1. The molecular formula is C20H12F2N2O2. The molecule has 0 atom stereocenters. The van der Waals surface area contributed by atoms with E-state index >= 15 is 0 Å². The van der Waals surface area contributed by atoms with Gasteiger partial charge < -0.3 is 10.3 Å². The van der Waals surface area contributed by atoms with Crippen LogP contribution >= 0.6 is 0 Å². The number of fused-ring (bicyclic) bond motifs is 2. The number of rotatable bonds is 2. The van der Waals surface area contributed by atoms with E-state index < -0.39 is 17.5 Å². The molecule has 1 amide bonds. The van der Waals surface area contributed by atoms with Crippen molar-refractivity contribution in [2.24, 2.45) is 0 Å². The molecule has 0 spiro atoms. The second-order valence-corrected chi connectivity index (χ2v) is 5.81. The summed E-state index contributed by atoms with van der Waals surface area (Å²) < 4.78 is 27.4. The number of amides is 1. The zero-order chi connectivity index (χ0) is 18.3. The lowest BCUT2D eigenvalue weighted by atomic mass is 10.1. The third-order valence-electron chi connectivity index (χ3n) is 4.14. The summed E-state index contributed by atoms with van der Waals surface area (Å²) >= 11 is 0. The molecule has 0 aliphatic carbocycles. The Morgan fingerprint density at radius 2 is 1.58 bits per heavy atom. The molecule has 0 fully saturated rings. The summed E-state index contributed by atoms with van der Waals surface area (Å²) in [6, 6.07) is 14.3. The van der Waals surface area contributed by atoms with Crippen LogP contribution < -0.4 is 10.7 Å². The summed E-state index contributed by atoms with van der Waals surface area (Å²) in [4.78, 5) is 28.1. The molecule has 1 heterocycles. The first kappa shape index (κ1) is 16.0. The van der Waals surface area contributed by atoms with Crippen LogP contribution in [0, 0.1) is 11.6 Å². The van der Waals surface area contributed by atoms with Crippen LogP contribution in [0.2, 0.25) is 0 Å². The zero-order valence-corrected chi connectivity index (χ0v) is 13.3. The number of carbonyl (C=O) groups excluding carboxylic acids is 1. The molecule has 0 radical (unpaired) electrons. The van der Waals surface area contributed by atoms with Gasteiger partial charge in [-0.3, -0.25) is 9.59 Å². The van der Waals surface area contributed by atoms with Crippen LogP contribution in [0.25, 0.3) is 21.8 Å². The van der Waals surface area contributed by atoms with Gasteiger partial charge in [0.25, 0.3) is 5.91 Å². The highest BCUT2D eigenvalue weighted by Gasteiger charge is 2.15. The molecule has 2 N–H and O–H groups in total. The molecule has 0 aliphatic heterocycles. The molecule has 0 aliphatic rings. The maximum absolute atomic E-state index is 14.1. The van der Waals surface area contributed by atoms with Gasteiger partial charge in [0.05, 0.1) is 16.6 Å². The van der Waals surface area contributed by atoms with Crippen LogP contribution in [0.1, 0.15) is 10.4 Å². The first-order valence-electron chi connectivity index (χ1n) is 7.85. The quantitative estimate of drug-likeness (QED) is 0.532. The van der Waals surface area contributed by atoms with E-state index in [2.05, 4.69) is 10.3 Å². The largest absolute Gasteiger partial charge is 0.351 e. The molecule has 26 heavy (non-hydrogen) atoms. The van der Waals surface area contributed by atoms with Crippen molar-refractivity contribution in [3.8, 4) is 0 Å². The Morgan fingerprint density at radius 3 is 2.35 bits per heavy atom. The van der Waals surface area contributed by atoms with E-state index in [4.69, 9.17) is 0 Å². The molecule has 4 aromatic rings.